The van der Waals surface area contributed by atoms with Gasteiger partial charge >= 0.3 is 0 Å². The van der Waals surface area contributed by atoms with Crippen molar-refractivity contribution in [1.29, 1.82) is 0 Å². The fourth-order valence-corrected chi connectivity index (χ4v) is 5.25. The number of carbonyl (C=O) groups is 4. The molecule has 0 atom stereocenters. The molecule has 0 aliphatic carbocycles. The van der Waals surface area contributed by atoms with Gasteiger partial charge in [0.2, 0.25) is 11.8 Å². The Hall–Kier alpha value is -3.89. The SMILES string of the molecule is Cc1cccc(NC(=O)CN2C(=O)S/C(=C\c3cn(CC(=O)N4CCOCC4)c4ccccc34)C2=O)c1. The van der Waals surface area contributed by atoms with Crippen LogP contribution in [0.25, 0.3) is 17.0 Å². The number of hydrogen-bond acceptors (Lipinski definition) is 6. The molecule has 5 rings (SSSR count). The van der Waals surface area contributed by atoms with E-state index in [1.165, 1.54) is 0 Å². The van der Waals surface area contributed by atoms with Gasteiger partial charge in [-0.15, -0.1) is 0 Å². The van der Waals surface area contributed by atoms with Crippen LogP contribution in [-0.4, -0.2) is 70.2 Å². The van der Waals surface area contributed by atoms with Crippen molar-refractivity contribution in [3.05, 3.63) is 70.8 Å². The smallest absolute Gasteiger partial charge is 0.294 e. The zero-order valence-corrected chi connectivity index (χ0v) is 21.1. The van der Waals surface area contributed by atoms with Gasteiger partial charge in [-0.3, -0.25) is 24.1 Å². The average Bonchev–Trinajstić information content (AvgIpc) is 3.36. The number of rotatable bonds is 6. The fraction of sp³-hybridized carbons (Fsp3) is 0.259. The van der Waals surface area contributed by atoms with Crippen LogP contribution in [0.5, 0.6) is 0 Å². The zero-order chi connectivity index (χ0) is 25.9. The predicted molar refractivity (Wildman–Crippen MR) is 142 cm³/mol. The van der Waals surface area contributed by atoms with Gasteiger partial charge < -0.3 is 19.5 Å². The number of ether oxygens (including phenoxy) is 1. The van der Waals surface area contributed by atoms with Crippen LogP contribution < -0.4 is 5.32 Å². The van der Waals surface area contributed by atoms with Crippen LogP contribution in [0, 0.1) is 6.92 Å². The Morgan fingerprint density at radius 3 is 2.62 bits per heavy atom. The average molecular weight is 519 g/mol. The number of nitrogens with zero attached hydrogens (tertiary/aromatic N) is 3. The molecule has 0 unspecified atom stereocenters. The van der Waals surface area contributed by atoms with Gasteiger partial charge in [-0.2, -0.15) is 0 Å². The predicted octanol–water partition coefficient (Wildman–Crippen LogP) is 3.48. The van der Waals surface area contributed by atoms with E-state index in [0.717, 1.165) is 38.7 Å². The Morgan fingerprint density at radius 2 is 1.84 bits per heavy atom. The van der Waals surface area contributed by atoms with Crippen molar-refractivity contribution in [3.63, 3.8) is 0 Å². The van der Waals surface area contributed by atoms with Gasteiger partial charge in [0.1, 0.15) is 13.1 Å². The maximum absolute atomic E-state index is 13.0. The van der Waals surface area contributed by atoms with E-state index < -0.39 is 17.1 Å². The molecule has 1 N–H and O–H groups in total. The molecule has 190 valence electrons. The first-order chi connectivity index (χ1) is 17.9. The Kier molecular flexibility index (Phi) is 7.11. The van der Waals surface area contributed by atoms with Crippen LogP contribution in [0.4, 0.5) is 10.5 Å². The van der Waals surface area contributed by atoms with E-state index in [1.807, 2.05) is 60.2 Å². The Balaban J connectivity index is 1.34. The molecule has 3 heterocycles. The molecule has 0 spiro atoms. The second-order valence-electron chi connectivity index (χ2n) is 8.91. The number of thioether (sulfide) groups is 1. The summed E-state index contributed by atoms with van der Waals surface area (Å²) < 4.78 is 7.19. The third kappa shape index (κ3) is 5.45. The zero-order valence-electron chi connectivity index (χ0n) is 20.3. The van der Waals surface area contributed by atoms with E-state index in [-0.39, 0.29) is 23.9 Å². The molecule has 2 aliphatic heterocycles. The molecule has 1 aromatic heterocycles. The highest BCUT2D eigenvalue weighted by molar-refractivity contribution is 8.18. The Morgan fingerprint density at radius 1 is 1.05 bits per heavy atom. The molecular formula is C27H26N4O5S. The molecule has 0 radical (unpaired) electrons. The van der Waals surface area contributed by atoms with Crippen molar-refractivity contribution < 1.29 is 23.9 Å². The highest BCUT2D eigenvalue weighted by atomic mass is 32.2. The lowest BCUT2D eigenvalue weighted by atomic mass is 10.1. The lowest BCUT2D eigenvalue weighted by molar-refractivity contribution is -0.135. The summed E-state index contributed by atoms with van der Waals surface area (Å²) in [6, 6.07) is 14.9. The van der Waals surface area contributed by atoms with Crippen LogP contribution in [0.15, 0.2) is 59.6 Å². The number of amides is 4. The number of anilines is 1. The Bertz CT molecular complexity index is 1420. The van der Waals surface area contributed by atoms with Crippen LogP contribution in [0.3, 0.4) is 0 Å². The number of aryl methyl sites for hydroxylation is 1. The minimum atomic E-state index is -0.518. The molecule has 2 fully saturated rings. The second-order valence-corrected chi connectivity index (χ2v) is 9.90. The van der Waals surface area contributed by atoms with Gasteiger partial charge in [0.15, 0.2) is 0 Å². The van der Waals surface area contributed by atoms with Crippen molar-refractivity contribution in [1.82, 2.24) is 14.4 Å². The van der Waals surface area contributed by atoms with E-state index in [2.05, 4.69) is 5.32 Å². The number of para-hydroxylation sites is 1. The summed E-state index contributed by atoms with van der Waals surface area (Å²) in [5.74, 6) is -0.974. The minimum absolute atomic E-state index is 0.00412. The first kappa shape index (κ1) is 24.8. The maximum atomic E-state index is 13.0. The number of fused-ring (bicyclic) bond motifs is 1. The molecule has 37 heavy (non-hydrogen) atoms. The molecular weight excluding hydrogens is 492 g/mol. The summed E-state index contributed by atoms with van der Waals surface area (Å²) in [6.45, 7) is 3.89. The third-order valence-electron chi connectivity index (χ3n) is 6.25. The molecule has 2 aromatic carbocycles. The number of nitrogens with one attached hydrogen (secondary N) is 1. The quantitative estimate of drug-likeness (QED) is 0.502. The monoisotopic (exact) mass is 518 g/mol. The molecule has 4 amide bonds. The van der Waals surface area contributed by atoms with Crippen molar-refractivity contribution in [2.75, 3.05) is 38.2 Å². The topological polar surface area (TPSA) is 101 Å². The van der Waals surface area contributed by atoms with E-state index in [1.54, 1.807) is 17.0 Å². The van der Waals surface area contributed by atoms with E-state index in [4.69, 9.17) is 4.74 Å². The van der Waals surface area contributed by atoms with Crippen molar-refractivity contribution >= 4 is 57.4 Å². The lowest BCUT2D eigenvalue weighted by Crippen LogP contribution is -2.42. The molecule has 2 aliphatic rings. The lowest BCUT2D eigenvalue weighted by Gasteiger charge is -2.27. The maximum Gasteiger partial charge on any atom is 0.294 e. The summed E-state index contributed by atoms with van der Waals surface area (Å²) in [5, 5.41) is 3.09. The van der Waals surface area contributed by atoms with E-state index in [0.29, 0.717) is 32.0 Å². The minimum Gasteiger partial charge on any atom is -0.378 e. The van der Waals surface area contributed by atoms with Gasteiger partial charge in [-0.1, -0.05) is 30.3 Å². The summed E-state index contributed by atoms with van der Waals surface area (Å²) in [7, 11) is 0. The molecule has 3 aromatic rings. The number of hydrogen-bond donors (Lipinski definition) is 1. The molecule has 2 saturated heterocycles. The number of imide groups is 1. The second kappa shape index (κ2) is 10.6. The summed E-state index contributed by atoms with van der Waals surface area (Å²) >= 11 is 0.802. The number of carbonyl (C=O) groups excluding carboxylic acids is 4. The first-order valence-electron chi connectivity index (χ1n) is 11.9. The third-order valence-corrected chi connectivity index (χ3v) is 7.16. The largest absolute Gasteiger partial charge is 0.378 e. The number of aromatic nitrogens is 1. The van der Waals surface area contributed by atoms with Gasteiger partial charge in [-0.25, -0.2) is 0 Å². The van der Waals surface area contributed by atoms with Crippen molar-refractivity contribution in [2.45, 2.75) is 13.5 Å². The van der Waals surface area contributed by atoms with Crippen LogP contribution in [0.2, 0.25) is 0 Å². The van der Waals surface area contributed by atoms with Gasteiger partial charge in [0, 0.05) is 41.4 Å². The van der Waals surface area contributed by atoms with Crippen LogP contribution in [-0.2, 0) is 25.7 Å². The van der Waals surface area contributed by atoms with E-state index in [9.17, 15) is 19.2 Å². The highest BCUT2D eigenvalue weighted by Crippen LogP contribution is 2.34. The molecule has 0 bridgehead atoms. The molecule has 0 saturated carbocycles. The fourth-order valence-electron chi connectivity index (χ4n) is 4.42. The van der Waals surface area contributed by atoms with E-state index >= 15 is 0 Å². The van der Waals surface area contributed by atoms with Crippen LogP contribution in [0.1, 0.15) is 11.1 Å². The normalized spacial score (nSPS) is 17.2. The number of benzene rings is 2. The molecule has 9 nitrogen and oxygen atoms in total. The summed E-state index contributed by atoms with van der Waals surface area (Å²) in [6.07, 6.45) is 3.48. The van der Waals surface area contributed by atoms with Gasteiger partial charge in [0.05, 0.1) is 18.1 Å². The van der Waals surface area contributed by atoms with Crippen molar-refractivity contribution in [3.8, 4) is 0 Å². The molecule has 10 heteroatoms. The summed E-state index contributed by atoms with van der Waals surface area (Å²) in [5.41, 5.74) is 3.16. The van der Waals surface area contributed by atoms with Gasteiger partial charge in [0.25, 0.3) is 11.1 Å². The highest BCUT2D eigenvalue weighted by Gasteiger charge is 2.36. The standard InChI is InChI=1S/C27H26N4O5S/c1-18-5-4-6-20(13-18)28-24(32)16-31-26(34)23(37-27(31)35)14-19-15-30(22-8-3-2-7-21(19)22)17-25(33)29-9-11-36-12-10-29/h2-8,13-15H,9-12,16-17H2,1H3,(H,28,32)/b23-14-. The summed E-state index contributed by atoms with van der Waals surface area (Å²) in [4.78, 5) is 54.0. The first-order valence-corrected chi connectivity index (χ1v) is 12.8. The van der Waals surface area contributed by atoms with Crippen molar-refractivity contribution in [2.24, 2.45) is 0 Å². The van der Waals surface area contributed by atoms with Crippen LogP contribution >= 0.6 is 11.8 Å². The number of morpholine rings is 1. The van der Waals surface area contributed by atoms with Gasteiger partial charge in [-0.05, 0) is 48.5 Å². The Labute approximate surface area is 218 Å².